The van der Waals surface area contributed by atoms with Crippen LogP contribution in [-0.2, 0) is 19.4 Å². The van der Waals surface area contributed by atoms with E-state index in [1.807, 2.05) is 6.92 Å². The molecule has 1 fully saturated rings. The van der Waals surface area contributed by atoms with Gasteiger partial charge in [-0.1, -0.05) is 17.7 Å². The number of carbonyl (C=O) groups is 1. The van der Waals surface area contributed by atoms with Gasteiger partial charge in [-0.15, -0.1) is 0 Å². The molecule has 0 spiro atoms. The Morgan fingerprint density at radius 1 is 1.25 bits per heavy atom. The Kier molecular flexibility index (Phi) is 4.12. The van der Waals surface area contributed by atoms with Crippen molar-refractivity contribution in [1.29, 1.82) is 0 Å². The van der Waals surface area contributed by atoms with Crippen LogP contribution in [-0.4, -0.2) is 37.5 Å². The molecule has 0 bridgehead atoms. The van der Waals surface area contributed by atoms with Gasteiger partial charge in [-0.05, 0) is 31.9 Å². The van der Waals surface area contributed by atoms with Gasteiger partial charge in [0.2, 0.25) is 0 Å². The summed E-state index contributed by atoms with van der Waals surface area (Å²) < 4.78 is 29.1. The third-order valence-corrected chi connectivity index (χ3v) is 6.18. The summed E-state index contributed by atoms with van der Waals surface area (Å²) in [5.41, 5.74) is 2.42. The van der Waals surface area contributed by atoms with Crippen LogP contribution in [0.3, 0.4) is 0 Å². The highest BCUT2D eigenvalue weighted by Gasteiger charge is 2.52. The Morgan fingerprint density at radius 3 is 2.30 bits per heavy atom. The number of carbonyl (C=O) groups excluding carboxylic acids is 1. The number of hydroxylamine groups is 1. The smallest absolute Gasteiger partial charge is 0.265 e. The first kappa shape index (κ1) is 15.0. The molecule has 1 heterocycles. The maximum absolute atomic E-state index is 12.8. The van der Waals surface area contributed by atoms with Crippen molar-refractivity contribution in [2.45, 2.75) is 29.4 Å². The van der Waals surface area contributed by atoms with E-state index in [2.05, 4.69) is 0 Å². The zero-order valence-corrected chi connectivity index (χ0v) is 11.9. The first-order valence-electron chi connectivity index (χ1n) is 6.28. The van der Waals surface area contributed by atoms with Gasteiger partial charge in [-0.3, -0.25) is 10.0 Å². The summed E-state index contributed by atoms with van der Waals surface area (Å²) in [4.78, 5) is 12.1. The molecule has 0 saturated carbocycles. The van der Waals surface area contributed by atoms with Crippen LogP contribution in [0.2, 0.25) is 0 Å². The van der Waals surface area contributed by atoms with Crippen molar-refractivity contribution < 1.29 is 23.2 Å². The van der Waals surface area contributed by atoms with Crippen LogP contribution in [0.15, 0.2) is 29.2 Å². The average Bonchev–Trinajstić information content (AvgIpc) is 2.47. The minimum atomic E-state index is -3.90. The summed E-state index contributed by atoms with van der Waals surface area (Å²) in [5.74, 6) is -0.902. The third kappa shape index (κ3) is 2.32. The molecular formula is C13H17NO5S. The van der Waals surface area contributed by atoms with Crippen molar-refractivity contribution in [3.05, 3.63) is 29.8 Å². The lowest BCUT2D eigenvalue weighted by Gasteiger charge is -2.34. The van der Waals surface area contributed by atoms with Gasteiger partial charge in [0.25, 0.3) is 5.91 Å². The van der Waals surface area contributed by atoms with Gasteiger partial charge in [0.15, 0.2) is 14.6 Å². The van der Waals surface area contributed by atoms with Crippen LogP contribution in [0.4, 0.5) is 0 Å². The Bertz CT molecular complexity index is 588. The number of sulfone groups is 1. The van der Waals surface area contributed by atoms with E-state index in [1.54, 1.807) is 12.1 Å². The molecule has 0 unspecified atom stereocenters. The highest BCUT2D eigenvalue weighted by molar-refractivity contribution is 7.93. The van der Waals surface area contributed by atoms with E-state index < -0.39 is 20.5 Å². The van der Waals surface area contributed by atoms with E-state index in [-0.39, 0.29) is 31.0 Å². The summed E-state index contributed by atoms with van der Waals surface area (Å²) in [6, 6.07) is 6.31. The number of ether oxygens (including phenoxy) is 1. The second kappa shape index (κ2) is 5.51. The maximum Gasteiger partial charge on any atom is 0.265 e. The quantitative estimate of drug-likeness (QED) is 0.637. The minimum Gasteiger partial charge on any atom is -0.381 e. The zero-order valence-electron chi connectivity index (χ0n) is 11.1. The number of rotatable bonds is 3. The molecule has 0 radical (unpaired) electrons. The van der Waals surface area contributed by atoms with E-state index in [9.17, 15) is 13.2 Å². The van der Waals surface area contributed by atoms with E-state index in [1.165, 1.54) is 17.6 Å². The third-order valence-electron chi connectivity index (χ3n) is 3.66. The van der Waals surface area contributed by atoms with Crippen molar-refractivity contribution in [1.82, 2.24) is 5.48 Å². The molecule has 1 saturated heterocycles. The van der Waals surface area contributed by atoms with Crippen LogP contribution >= 0.6 is 0 Å². The standard InChI is InChI=1S/C13H17NO5S/c1-10-2-4-11(5-3-10)20(17,18)13(12(15)14-16)6-8-19-9-7-13/h2-5,16H,6-9H2,1H3,(H,14,15). The molecule has 2 rings (SSSR count). The highest BCUT2D eigenvalue weighted by atomic mass is 32.2. The lowest BCUT2D eigenvalue weighted by Crippen LogP contribution is -2.54. The van der Waals surface area contributed by atoms with Gasteiger partial charge in [0.05, 0.1) is 4.90 Å². The number of hydrogen-bond acceptors (Lipinski definition) is 5. The SMILES string of the molecule is Cc1ccc(S(=O)(=O)C2(C(=O)NO)CCOCC2)cc1. The van der Waals surface area contributed by atoms with Crippen molar-refractivity contribution in [3.63, 3.8) is 0 Å². The van der Waals surface area contributed by atoms with Crippen molar-refractivity contribution in [3.8, 4) is 0 Å². The first-order chi connectivity index (χ1) is 9.44. The van der Waals surface area contributed by atoms with Crippen LogP contribution in [0.5, 0.6) is 0 Å². The topological polar surface area (TPSA) is 92.7 Å². The average molecular weight is 299 g/mol. The second-order valence-corrected chi connectivity index (χ2v) is 7.12. The van der Waals surface area contributed by atoms with Gasteiger partial charge in [-0.2, -0.15) is 0 Å². The Labute approximate surface area is 117 Å². The fraction of sp³-hybridized carbons (Fsp3) is 0.462. The number of amides is 1. The van der Waals surface area contributed by atoms with Gasteiger partial charge in [0, 0.05) is 13.2 Å². The minimum absolute atomic E-state index is 0.0234. The summed E-state index contributed by atoms with van der Waals surface area (Å²) in [6.45, 7) is 2.18. The summed E-state index contributed by atoms with van der Waals surface area (Å²) in [5, 5.41) is 8.90. The molecule has 0 aliphatic carbocycles. The monoisotopic (exact) mass is 299 g/mol. The fourth-order valence-electron chi connectivity index (χ4n) is 2.36. The molecular weight excluding hydrogens is 282 g/mol. The van der Waals surface area contributed by atoms with Crippen LogP contribution in [0.1, 0.15) is 18.4 Å². The van der Waals surface area contributed by atoms with Gasteiger partial charge >= 0.3 is 0 Å². The molecule has 2 N–H and O–H groups in total. The molecule has 0 aromatic heterocycles. The van der Waals surface area contributed by atoms with Crippen molar-refractivity contribution in [2.24, 2.45) is 0 Å². The molecule has 7 heteroatoms. The Hall–Kier alpha value is -1.44. The summed E-state index contributed by atoms with van der Waals surface area (Å²) in [7, 11) is -3.90. The molecule has 1 amide bonds. The number of benzene rings is 1. The first-order valence-corrected chi connectivity index (χ1v) is 7.76. The van der Waals surface area contributed by atoms with Crippen molar-refractivity contribution in [2.75, 3.05) is 13.2 Å². The van der Waals surface area contributed by atoms with E-state index >= 15 is 0 Å². The fourth-order valence-corrected chi connectivity index (χ4v) is 4.30. The molecule has 6 nitrogen and oxygen atoms in total. The second-order valence-electron chi connectivity index (χ2n) is 4.86. The molecule has 20 heavy (non-hydrogen) atoms. The number of aryl methyl sites for hydroxylation is 1. The predicted octanol–water partition coefficient (Wildman–Crippen LogP) is 0.823. The molecule has 1 aliphatic heterocycles. The van der Waals surface area contributed by atoms with Crippen LogP contribution in [0.25, 0.3) is 0 Å². The lowest BCUT2D eigenvalue weighted by atomic mass is 9.98. The molecule has 1 aliphatic rings. The Morgan fingerprint density at radius 2 is 1.80 bits per heavy atom. The molecule has 110 valence electrons. The predicted molar refractivity (Wildman–Crippen MR) is 71.1 cm³/mol. The van der Waals surface area contributed by atoms with Crippen molar-refractivity contribution >= 4 is 15.7 Å². The summed E-state index contributed by atoms with van der Waals surface area (Å²) in [6.07, 6.45) is 0.0468. The highest BCUT2D eigenvalue weighted by Crippen LogP contribution is 2.35. The molecule has 1 aromatic rings. The molecule has 0 atom stereocenters. The van der Waals surface area contributed by atoms with Gasteiger partial charge in [-0.25, -0.2) is 13.9 Å². The zero-order chi connectivity index (χ0) is 14.8. The van der Waals surface area contributed by atoms with Gasteiger partial charge in [0.1, 0.15) is 0 Å². The van der Waals surface area contributed by atoms with Crippen LogP contribution in [0, 0.1) is 6.92 Å². The Balaban J connectivity index is 2.52. The lowest BCUT2D eigenvalue weighted by molar-refractivity contribution is -0.134. The molecule has 1 aromatic carbocycles. The van der Waals surface area contributed by atoms with Gasteiger partial charge < -0.3 is 4.74 Å². The number of hydrogen-bond donors (Lipinski definition) is 2. The maximum atomic E-state index is 12.8. The summed E-state index contributed by atoms with van der Waals surface area (Å²) >= 11 is 0. The van der Waals surface area contributed by atoms with E-state index in [0.717, 1.165) is 5.56 Å². The largest absolute Gasteiger partial charge is 0.381 e. The van der Waals surface area contributed by atoms with E-state index in [0.29, 0.717) is 0 Å². The van der Waals surface area contributed by atoms with Crippen LogP contribution < -0.4 is 5.48 Å². The number of nitrogens with one attached hydrogen (secondary N) is 1. The van der Waals surface area contributed by atoms with E-state index in [4.69, 9.17) is 9.94 Å². The normalized spacial score (nSPS) is 18.5.